The van der Waals surface area contributed by atoms with Crippen molar-refractivity contribution in [3.8, 4) is 0 Å². The summed E-state index contributed by atoms with van der Waals surface area (Å²) in [4.78, 5) is 26.2. The Kier molecular flexibility index (Phi) is 3.82. The Morgan fingerprint density at radius 3 is 2.65 bits per heavy atom. The minimum absolute atomic E-state index is 0.136. The van der Waals surface area contributed by atoms with E-state index in [2.05, 4.69) is 15.4 Å². The lowest BCUT2D eigenvalue weighted by molar-refractivity contribution is -0.138. The van der Waals surface area contributed by atoms with E-state index in [-0.39, 0.29) is 12.3 Å². The maximum atomic E-state index is 11.8. The van der Waals surface area contributed by atoms with Gasteiger partial charge in [0.25, 0.3) is 0 Å². The van der Waals surface area contributed by atoms with Crippen molar-refractivity contribution in [3.05, 3.63) is 12.7 Å². The van der Waals surface area contributed by atoms with Crippen LogP contribution in [0.5, 0.6) is 0 Å². The quantitative estimate of drug-likeness (QED) is 0.766. The predicted molar refractivity (Wildman–Crippen MR) is 59.2 cm³/mol. The molecule has 1 heterocycles. The van der Waals surface area contributed by atoms with Crippen LogP contribution < -0.4 is 5.32 Å². The summed E-state index contributed by atoms with van der Waals surface area (Å²) in [5.74, 6) is -1.24. The molecule has 17 heavy (non-hydrogen) atoms. The fourth-order valence-electron chi connectivity index (χ4n) is 1.40. The normalized spacial score (nSPS) is 13.1. The number of hydrogen-bond donors (Lipinski definition) is 2. The molecule has 1 aromatic rings. The zero-order valence-electron chi connectivity index (χ0n) is 10.0. The van der Waals surface area contributed by atoms with E-state index in [1.165, 1.54) is 17.3 Å². The van der Waals surface area contributed by atoms with Gasteiger partial charge in [-0.2, -0.15) is 5.10 Å². The van der Waals surface area contributed by atoms with E-state index in [1.54, 1.807) is 20.8 Å². The highest BCUT2D eigenvalue weighted by Crippen LogP contribution is 2.11. The highest BCUT2D eigenvalue weighted by atomic mass is 16.4. The van der Waals surface area contributed by atoms with Gasteiger partial charge >= 0.3 is 5.97 Å². The maximum Gasteiger partial charge on any atom is 0.305 e. The number of rotatable bonds is 5. The van der Waals surface area contributed by atoms with Gasteiger partial charge in [0, 0.05) is 5.54 Å². The van der Waals surface area contributed by atoms with Gasteiger partial charge in [0.2, 0.25) is 5.91 Å². The van der Waals surface area contributed by atoms with Crippen molar-refractivity contribution in [2.75, 3.05) is 0 Å². The number of carboxylic acids is 1. The smallest absolute Gasteiger partial charge is 0.305 e. The van der Waals surface area contributed by atoms with Crippen LogP contribution >= 0.6 is 0 Å². The largest absolute Gasteiger partial charge is 0.481 e. The molecular weight excluding hydrogens is 224 g/mol. The molecule has 0 spiro atoms. The van der Waals surface area contributed by atoms with Crippen LogP contribution in [0.3, 0.4) is 0 Å². The first-order chi connectivity index (χ1) is 7.82. The van der Waals surface area contributed by atoms with Crippen LogP contribution in [0.15, 0.2) is 12.7 Å². The van der Waals surface area contributed by atoms with Crippen molar-refractivity contribution in [2.24, 2.45) is 0 Å². The van der Waals surface area contributed by atoms with Crippen LogP contribution in [0.1, 0.15) is 33.2 Å². The highest BCUT2D eigenvalue weighted by molar-refractivity contribution is 5.81. The molecule has 0 saturated carbocycles. The van der Waals surface area contributed by atoms with Crippen LogP contribution in [0.25, 0.3) is 0 Å². The Hall–Kier alpha value is -1.92. The van der Waals surface area contributed by atoms with Gasteiger partial charge in [-0.25, -0.2) is 9.67 Å². The fraction of sp³-hybridized carbons (Fsp3) is 0.600. The summed E-state index contributed by atoms with van der Waals surface area (Å²) in [5, 5.41) is 15.2. The fourth-order valence-corrected chi connectivity index (χ4v) is 1.40. The van der Waals surface area contributed by atoms with Crippen LogP contribution in [-0.2, 0) is 9.59 Å². The summed E-state index contributed by atoms with van der Waals surface area (Å²) >= 11 is 0. The van der Waals surface area contributed by atoms with Crippen LogP contribution in [0.4, 0.5) is 0 Å². The summed E-state index contributed by atoms with van der Waals surface area (Å²) in [7, 11) is 0. The SMILES string of the molecule is CC(C(=O)NC(C)(C)CC(=O)O)n1cncn1. The Bertz CT molecular complexity index is 400. The minimum Gasteiger partial charge on any atom is -0.481 e. The van der Waals surface area contributed by atoms with Crippen molar-refractivity contribution in [1.29, 1.82) is 0 Å². The molecule has 0 bridgehead atoms. The molecule has 2 N–H and O–H groups in total. The van der Waals surface area contributed by atoms with E-state index in [0.717, 1.165) is 0 Å². The third kappa shape index (κ3) is 3.86. The van der Waals surface area contributed by atoms with Crippen LogP contribution in [0.2, 0.25) is 0 Å². The number of carboxylic acid groups (broad SMARTS) is 1. The monoisotopic (exact) mass is 240 g/mol. The molecule has 0 radical (unpaired) electrons. The van der Waals surface area contributed by atoms with Crippen molar-refractivity contribution in [3.63, 3.8) is 0 Å². The van der Waals surface area contributed by atoms with Gasteiger partial charge < -0.3 is 10.4 Å². The van der Waals surface area contributed by atoms with Gasteiger partial charge in [0.05, 0.1) is 6.42 Å². The lowest BCUT2D eigenvalue weighted by atomic mass is 10.0. The van der Waals surface area contributed by atoms with E-state index >= 15 is 0 Å². The van der Waals surface area contributed by atoms with Crippen molar-refractivity contribution >= 4 is 11.9 Å². The summed E-state index contributed by atoms with van der Waals surface area (Å²) in [5.41, 5.74) is -0.794. The number of nitrogens with zero attached hydrogens (tertiary/aromatic N) is 3. The topological polar surface area (TPSA) is 97.1 Å². The minimum atomic E-state index is -0.955. The van der Waals surface area contributed by atoms with Gasteiger partial charge in [-0.3, -0.25) is 9.59 Å². The van der Waals surface area contributed by atoms with E-state index in [9.17, 15) is 9.59 Å². The third-order valence-electron chi connectivity index (χ3n) is 2.27. The number of aliphatic carboxylic acids is 1. The van der Waals surface area contributed by atoms with Gasteiger partial charge in [-0.15, -0.1) is 0 Å². The summed E-state index contributed by atoms with van der Waals surface area (Å²) in [6.45, 7) is 4.99. The van der Waals surface area contributed by atoms with Gasteiger partial charge in [0.1, 0.15) is 18.7 Å². The van der Waals surface area contributed by atoms with E-state index < -0.39 is 17.6 Å². The molecule has 0 fully saturated rings. The average Bonchev–Trinajstić information content (AvgIpc) is 2.65. The number of hydrogen-bond acceptors (Lipinski definition) is 4. The number of carbonyl (C=O) groups is 2. The number of aromatic nitrogens is 3. The molecule has 0 aromatic carbocycles. The van der Waals surface area contributed by atoms with E-state index in [0.29, 0.717) is 0 Å². The first-order valence-electron chi connectivity index (χ1n) is 5.20. The summed E-state index contributed by atoms with van der Waals surface area (Å²) in [6, 6.07) is -0.523. The number of carbonyl (C=O) groups excluding carboxylic acids is 1. The molecule has 1 aromatic heterocycles. The number of amides is 1. The predicted octanol–water partition coefficient (Wildman–Crippen LogP) is 0.209. The van der Waals surface area contributed by atoms with Gasteiger partial charge in [0.15, 0.2) is 0 Å². The molecule has 0 aliphatic heterocycles. The summed E-state index contributed by atoms with van der Waals surface area (Å²) in [6.07, 6.45) is 2.64. The van der Waals surface area contributed by atoms with Gasteiger partial charge in [-0.05, 0) is 20.8 Å². The molecule has 94 valence electrons. The zero-order chi connectivity index (χ0) is 13.1. The molecule has 0 saturated heterocycles. The average molecular weight is 240 g/mol. The molecule has 7 nitrogen and oxygen atoms in total. The van der Waals surface area contributed by atoms with Crippen molar-refractivity contribution in [2.45, 2.75) is 38.8 Å². The first kappa shape index (κ1) is 13.1. The molecule has 7 heteroatoms. The first-order valence-corrected chi connectivity index (χ1v) is 5.20. The lowest BCUT2D eigenvalue weighted by Gasteiger charge is -2.26. The standard InChI is InChI=1S/C10H16N4O3/c1-7(14-6-11-5-12-14)9(17)13-10(2,3)4-8(15)16/h5-7H,4H2,1-3H3,(H,13,17)(H,15,16). The molecule has 0 aliphatic rings. The number of nitrogens with one attached hydrogen (secondary N) is 1. The van der Waals surface area contributed by atoms with Crippen molar-refractivity contribution < 1.29 is 14.7 Å². The van der Waals surface area contributed by atoms with E-state index in [1.807, 2.05) is 0 Å². The second-order valence-corrected chi connectivity index (χ2v) is 4.50. The van der Waals surface area contributed by atoms with Crippen LogP contribution in [-0.4, -0.2) is 37.3 Å². The van der Waals surface area contributed by atoms with Gasteiger partial charge in [-0.1, -0.05) is 0 Å². The molecule has 1 atom stereocenters. The Balaban J connectivity index is 2.63. The molecule has 1 amide bonds. The molecule has 0 aliphatic carbocycles. The maximum absolute atomic E-state index is 11.8. The Morgan fingerprint density at radius 2 is 2.18 bits per heavy atom. The Labute approximate surface area is 98.8 Å². The summed E-state index contributed by atoms with van der Waals surface area (Å²) < 4.78 is 1.41. The van der Waals surface area contributed by atoms with Crippen LogP contribution in [0, 0.1) is 0 Å². The highest BCUT2D eigenvalue weighted by Gasteiger charge is 2.26. The zero-order valence-corrected chi connectivity index (χ0v) is 10.0. The molecular formula is C10H16N4O3. The molecule has 1 rings (SSSR count). The lowest BCUT2D eigenvalue weighted by Crippen LogP contribution is -2.47. The molecule has 1 unspecified atom stereocenters. The van der Waals surface area contributed by atoms with E-state index in [4.69, 9.17) is 5.11 Å². The second-order valence-electron chi connectivity index (χ2n) is 4.50. The third-order valence-corrected chi connectivity index (χ3v) is 2.27. The second kappa shape index (κ2) is 4.94. The van der Waals surface area contributed by atoms with Crippen molar-refractivity contribution in [1.82, 2.24) is 20.1 Å². The Morgan fingerprint density at radius 1 is 1.53 bits per heavy atom.